The average Bonchev–Trinajstić information content (AvgIpc) is 2.63. The number of hydrogen-bond donors (Lipinski definition) is 1. The third kappa shape index (κ3) is 4.13. The topological polar surface area (TPSA) is 49.4 Å². The minimum absolute atomic E-state index is 0.00121. The highest BCUT2D eigenvalue weighted by atomic mass is 16.2. The number of nitrogens with one attached hydrogen (secondary N) is 1. The number of likely N-dealkylation sites (tertiary alicyclic amines) is 1. The number of anilines is 1. The first-order chi connectivity index (χ1) is 12.4. The Morgan fingerprint density at radius 1 is 1.04 bits per heavy atom. The van der Waals surface area contributed by atoms with Gasteiger partial charge in [-0.3, -0.25) is 9.59 Å². The van der Waals surface area contributed by atoms with Crippen LogP contribution in [0.4, 0.5) is 5.69 Å². The lowest BCUT2D eigenvalue weighted by atomic mass is 9.96. The fraction of sp³-hybridized carbons (Fsp3) is 0.364. The summed E-state index contributed by atoms with van der Waals surface area (Å²) in [5.74, 6) is -0.158. The van der Waals surface area contributed by atoms with Crippen molar-refractivity contribution in [1.82, 2.24) is 4.90 Å². The minimum atomic E-state index is -0.168. The van der Waals surface area contributed by atoms with Gasteiger partial charge in [0.2, 0.25) is 5.91 Å². The number of carbonyl (C=O) groups excluding carboxylic acids is 2. The smallest absolute Gasteiger partial charge is 0.253 e. The predicted molar refractivity (Wildman–Crippen MR) is 104 cm³/mol. The molecular weight excluding hydrogens is 324 g/mol. The molecule has 1 atom stereocenters. The van der Waals surface area contributed by atoms with Crippen LogP contribution in [0.2, 0.25) is 0 Å². The molecule has 1 heterocycles. The Hall–Kier alpha value is -2.62. The molecule has 0 bridgehead atoms. The van der Waals surface area contributed by atoms with Gasteiger partial charge in [0.15, 0.2) is 0 Å². The van der Waals surface area contributed by atoms with Crippen molar-refractivity contribution >= 4 is 17.5 Å². The quantitative estimate of drug-likeness (QED) is 0.906. The summed E-state index contributed by atoms with van der Waals surface area (Å²) in [6.45, 7) is 7.20. The lowest BCUT2D eigenvalue weighted by Gasteiger charge is -2.32. The van der Waals surface area contributed by atoms with Crippen molar-refractivity contribution in [3.8, 4) is 0 Å². The number of piperidine rings is 1. The van der Waals surface area contributed by atoms with Crippen LogP contribution in [0.3, 0.4) is 0 Å². The van der Waals surface area contributed by atoms with Crippen molar-refractivity contribution < 1.29 is 9.59 Å². The molecule has 4 heteroatoms. The molecule has 4 nitrogen and oxygen atoms in total. The van der Waals surface area contributed by atoms with Gasteiger partial charge >= 0.3 is 0 Å². The monoisotopic (exact) mass is 350 g/mol. The van der Waals surface area contributed by atoms with Gasteiger partial charge in [0, 0.05) is 24.3 Å². The Morgan fingerprint density at radius 3 is 2.54 bits per heavy atom. The van der Waals surface area contributed by atoms with Gasteiger partial charge < -0.3 is 10.2 Å². The zero-order chi connectivity index (χ0) is 18.7. The van der Waals surface area contributed by atoms with Crippen molar-refractivity contribution in [2.45, 2.75) is 33.6 Å². The largest absolute Gasteiger partial charge is 0.338 e. The molecule has 1 fully saturated rings. The zero-order valence-corrected chi connectivity index (χ0v) is 15.7. The van der Waals surface area contributed by atoms with Gasteiger partial charge in [0.25, 0.3) is 5.91 Å². The van der Waals surface area contributed by atoms with E-state index >= 15 is 0 Å². The molecule has 0 unspecified atom stereocenters. The maximum Gasteiger partial charge on any atom is 0.253 e. The van der Waals surface area contributed by atoms with E-state index in [1.54, 1.807) is 0 Å². The summed E-state index contributed by atoms with van der Waals surface area (Å²) in [5, 5.41) is 3.04. The van der Waals surface area contributed by atoms with Gasteiger partial charge in [0.1, 0.15) is 0 Å². The van der Waals surface area contributed by atoms with Crippen LogP contribution in [-0.2, 0) is 4.79 Å². The number of rotatable bonds is 3. The maximum atomic E-state index is 12.8. The third-order valence-corrected chi connectivity index (χ3v) is 4.98. The molecule has 1 aliphatic rings. The number of carbonyl (C=O) groups is 2. The summed E-state index contributed by atoms with van der Waals surface area (Å²) in [6, 6.07) is 13.6. The molecular formula is C22H26N2O2. The van der Waals surface area contributed by atoms with E-state index in [1.807, 2.05) is 62.1 Å². The van der Waals surface area contributed by atoms with Crippen LogP contribution in [0.5, 0.6) is 0 Å². The second-order valence-corrected chi connectivity index (χ2v) is 7.27. The van der Waals surface area contributed by atoms with Crippen LogP contribution in [0.1, 0.15) is 39.9 Å². The van der Waals surface area contributed by atoms with E-state index < -0.39 is 0 Å². The summed E-state index contributed by atoms with van der Waals surface area (Å²) in [6.07, 6.45) is 1.66. The number of aryl methyl sites for hydroxylation is 3. The van der Waals surface area contributed by atoms with E-state index in [0.29, 0.717) is 18.7 Å². The lowest BCUT2D eigenvalue weighted by molar-refractivity contribution is -0.121. The van der Waals surface area contributed by atoms with Gasteiger partial charge in [0.05, 0.1) is 5.92 Å². The zero-order valence-electron chi connectivity index (χ0n) is 15.7. The number of nitrogens with zero attached hydrogens (tertiary/aromatic N) is 1. The number of amides is 2. The molecule has 1 saturated heterocycles. The SMILES string of the molecule is Cc1cccc(C(=O)N2CCC[C@H](C(=O)Nc3ccc(C)cc3C)C2)c1. The first-order valence-corrected chi connectivity index (χ1v) is 9.18. The third-order valence-electron chi connectivity index (χ3n) is 4.98. The minimum Gasteiger partial charge on any atom is -0.338 e. The average molecular weight is 350 g/mol. The second kappa shape index (κ2) is 7.73. The molecule has 136 valence electrons. The van der Waals surface area contributed by atoms with Crippen molar-refractivity contribution in [3.63, 3.8) is 0 Å². The Labute approximate surface area is 155 Å². The number of hydrogen-bond acceptors (Lipinski definition) is 2. The van der Waals surface area contributed by atoms with Gasteiger partial charge in [-0.15, -0.1) is 0 Å². The molecule has 3 rings (SSSR count). The molecule has 0 saturated carbocycles. The van der Waals surface area contributed by atoms with Crippen molar-refractivity contribution in [1.29, 1.82) is 0 Å². The van der Waals surface area contributed by atoms with Gasteiger partial charge in [-0.25, -0.2) is 0 Å². The first-order valence-electron chi connectivity index (χ1n) is 9.18. The Bertz CT molecular complexity index is 829. The van der Waals surface area contributed by atoms with Crippen LogP contribution in [-0.4, -0.2) is 29.8 Å². The van der Waals surface area contributed by atoms with E-state index in [4.69, 9.17) is 0 Å². The highest BCUT2D eigenvalue weighted by Gasteiger charge is 2.29. The number of benzene rings is 2. The Morgan fingerprint density at radius 2 is 1.81 bits per heavy atom. The molecule has 0 spiro atoms. The van der Waals surface area contributed by atoms with Crippen LogP contribution in [0.15, 0.2) is 42.5 Å². The molecule has 2 aromatic rings. The molecule has 2 aromatic carbocycles. The Balaban J connectivity index is 1.67. The highest BCUT2D eigenvalue weighted by Crippen LogP contribution is 2.22. The van der Waals surface area contributed by atoms with Gasteiger partial charge in [-0.05, 0) is 57.4 Å². The van der Waals surface area contributed by atoms with Crippen LogP contribution in [0.25, 0.3) is 0 Å². The van der Waals surface area contributed by atoms with Crippen LogP contribution in [0, 0.1) is 26.7 Å². The van der Waals surface area contributed by atoms with Crippen LogP contribution >= 0.6 is 0 Å². The molecule has 1 N–H and O–H groups in total. The van der Waals surface area contributed by atoms with Crippen LogP contribution < -0.4 is 5.32 Å². The summed E-state index contributed by atoms with van der Waals surface area (Å²) in [4.78, 5) is 27.3. The second-order valence-electron chi connectivity index (χ2n) is 7.27. The summed E-state index contributed by atoms with van der Waals surface area (Å²) in [5.41, 5.74) is 4.84. The fourth-order valence-corrected chi connectivity index (χ4v) is 3.52. The first kappa shape index (κ1) is 18.2. The normalized spacial score (nSPS) is 17.0. The van der Waals surface area contributed by atoms with Gasteiger partial charge in [-0.1, -0.05) is 35.4 Å². The molecule has 26 heavy (non-hydrogen) atoms. The summed E-state index contributed by atoms with van der Waals surface area (Å²) >= 11 is 0. The molecule has 2 amide bonds. The molecule has 1 aliphatic heterocycles. The predicted octanol–water partition coefficient (Wildman–Crippen LogP) is 4.10. The fourth-order valence-electron chi connectivity index (χ4n) is 3.52. The standard InChI is InChI=1S/C22H26N2O2/c1-15-6-4-7-18(13-15)22(26)24-11-5-8-19(14-24)21(25)23-20-10-9-16(2)12-17(20)3/h4,6-7,9-10,12-13,19H,5,8,11,14H2,1-3H3,(H,23,25)/t19-/m0/s1. The van der Waals surface area contributed by atoms with E-state index in [0.717, 1.165) is 29.7 Å². The highest BCUT2D eigenvalue weighted by molar-refractivity contribution is 5.96. The van der Waals surface area contributed by atoms with Crippen molar-refractivity contribution in [2.75, 3.05) is 18.4 Å². The van der Waals surface area contributed by atoms with E-state index in [9.17, 15) is 9.59 Å². The summed E-state index contributed by atoms with van der Waals surface area (Å²) in [7, 11) is 0. The molecule has 0 aliphatic carbocycles. The maximum absolute atomic E-state index is 12.8. The van der Waals surface area contributed by atoms with E-state index in [2.05, 4.69) is 11.4 Å². The molecule has 0 radical (unpaired) electrons. The lowest BCUT2D eigenvalue weighted by Crippen LogP contribution is -2.43. The van der Waals surface area contributed by atoms with Crippen molar-refractivity contribution in [2.24, 2.45) is 5.92 Å². The summed E-state index contributed by atoms with van der Waals surface area (Å²) < 4.78 is 0. The van der Waals surface area contributed by atoms with Crippen molar-refractivity contribution in [3.05, 3.63) is 64.7 Å². The van der Waals surface area contributed by atoms with Gasteiger partial charge in [-0.2, -0.15) is 0 Å². The van der Waals surface area contributed by atoms with E-state index in [1.165, 1.54) is 5.56 Å². The molecule has 0 aromatic heterocycles. The van der Waals surface area contributed by atoms with E-state index in [-0.39, 0.29) is 17.7 Å². The Kier molecular flexibility index (Phi) is 5.40.